The van der Waals surface area contributed by atoms with Gasteiger partial charge < -0.3 is 24.8 Å². The maximum absolute atomic E-state index is 13.1. The molecular weight excluding hydrogens is 550 g/mol. The van der Waals surface area contributed by atoms with Crippen molar-refractivity contribution in [3.05, 3.63) is 144 Å². The Hall–Kier alpha value is -4.56. The third-order valence-corrected chi connectivity index (χ3v) is 8.09. The minimum Gasteiger partial charge on any atom is -0.460 e. The maximum Gasteiger partial charge on any atom is 0.251 e. The average molecular weight is 588 g/mol. The lowest BCUT2D eigenvalue weighted by molar-refractivity contribution is -0.0267. The number of nitrogens with one attached hydrogen (secondary N) is 1. The molecule has 224 valence electrons. The molecule has 1 fully saturated rings. The molecule has 1 aromatic heterocycles. The zero-order valence-corrected chi connectivity index (χ0v) is 24.6. The van der Waals surface area contributed by atoms with E-state index in [1.165, 1.54) is 11.1 Å². The van der Waals surface area contributed by atoms with Gasteiger partial charge in [0, 0.05) is 55.1 Å². The number of rotatable bonds is 11. The second-order valence-corrected chi connectivity index (χ2v) is 11.1. The first-order valence-corrected chi connectivity index (χ1v) is 15.2. The SMILES string of the molecule is O=C(NCCN1CCC(OC(c2ccccc2)c2ccccc2)CC1)c1ccc2cccc(OC(O)c3cccnc3)c2c1. The summed E-state index contributed by atoms with van der Waals surface area (Å²) in [6.45, 7) is 3.18. The molecule has 5 aromatic rings. The highest BCUT2D eigenvalue weighted by molar-refractivity contribution is 6.00. The first kappa shape index (κ1) is 29.5. The second kappa shape index (κ2) is 14.3. The van der Waals surface area contributed by atoms with Gasteiger partial charge in [0.25, 0.3) is 5.91 Å². The molecule has 0 bridgehead atoms. The summed E-state index contributed by atoms with van der Waals surface area (Å²) in [4.78, 5) is 19.5. The van der Waals surface area contributed by atoms with Crippen LogP contribution in [0.4, 0.5) is 0 Å². The predicted octanol–water partition coefficient (Wildman–Crippen LogP) is 6.31. The first-order chi connectivity index (χ1) is 21.6. The number of pyridine rings is 1. The highest BCUT2D eigenvalue weighted by Gasteiger charge is 2.25. The number of carbonyl (C=O) groups is 1. The molecule has 4 aromatic carbocycles. The number of fused-ring (bicyclic) bond motifs is 1. The van der Waals surface area contributed by atoms with Crippen LogP contribution in [0.2, 0.25) is 0 Å². The maximum atomic E-state index is 13.1. The molecule has 2 N–H and O–H groups in total. The van der Waals surface area contributed by atoms with E-state index in [0.29, 0.717) is 23.4 Å². The number of hydrogen-bond donors (Lipinski definition) is 2. The zero-order chi connectivity index (χ0) is 30.1. The van der Waals surface area contributed by atoms with Crippen LogP contribution in [-0.2, 0) is 4.74 Å². The number of nitrogens with zero attached hydrogens (tertiary/aromatic N) is 2. The lowest BCUT2D eigenvalue weighted by atomic mass is 10.00. The minimum absolute atomic E-state index is 0.0836. The van der Waals surface area contributed by atoms with Crippen molar-refractivity contribution in [2.75, 3.05) is 26.2 Å². The van der Waals surface area contributed by atoms with Crippen LogP contribution in [0, 0.1) is 0 Å². The van der Waals surface area contributed by atoms with Crippen LogP contribution in [0.3, 0.4) is 0 Å². The number of carbonyl (C=O) groups excluding carboxylic acids is 1. The van der Waals surface area contributed by atoms with Crippen molar-refractivity contribution >= 4 is 16.7 Å². The van der Waals surface area contributed by atoms with Gasteiger partial charge in [-0.15, -0.1) is 0 Å². The van der Waals surface area contributed by atoms with E-state index in [4.69, 9.17) is 9.47 Å². The molecule has 44 heavy (non-hydrogen) atoms. The van der Waals surface area contributed by atoms with E-state index < -0.39 is 6.29 Å². The molecule has 7 heteroatoms. The molecule has 0 aliphatic carbocycles. The number of likely N-dealkylation sites (tertiary alicyclic amines) is 1. The second-order valence-electron chi connectivity index (χ2n) is 11.1. The van der Waals surface area contributed by atoms with Crippen molar-refractivity contribution in [2.45, 2.75) is 31.3 Å². The number of aliphatic hydroxyl groups excluding tert-OH is 1. The van der Waals surface area contributed by atoms with Crippen LogP contribution in [0.25, 0.3) is 10.8 Å². The van der Waals surface area contributed by atoms with Crippen molar-refractivity contribution in [1.82, 2.24) is 15.2 Å². The fourth-order valence-electron chi connectivity index (χ4n) is 5.69. The quantitative estimate of drug-likeness (QED) is 0.176. The van der Waals surface area contributed by atoms with Gasteiger partial charge in [0.15, 0.2) is 0 Å². The normalized spacial score (nSPS) is 14.9. The number of aromatic nitrogens is 1. The molecule has 1 unspecified atom stereocenters. The molecule has 0 radical (unpaired) electrons. The van der Waals surface area contributed by atoms with E-state index in [-0.39, 0.29) is 18.1 Å². The van der Waals surface area contributed by atoms with Crippen LogP contribution in [0.5, 0.6) is 5.75 Å². The lowest BCUT2D eigenvalue weighted by Crippen LogP contribution is -2.41. The average Bonchev–Trinajstić information content (AvgIpc) is 3.09. The summed E-state index contributed by atoms with van der Waals surface area (Å²) in [6.07, 6.45) is 4.03. The Kier molecular flexibility index (Phi) is 9.57. The minimum atomic E-state index is -1.16. The molecule has 1 saturated heterocycles. The van der Waals surface area contributed by atoms with Crippen LogP contribution in [0.15, 0.2) is 122 Å². The molecule has 1 atom stereocenters. The number of hydrogen-bond acceptors (Lipinski definition) is 6. The number of amides is 1. The highest BCUT2D eigenvalue weighted by Crippen LogP contribution is 2.31. The van der Waals surface area contributed by atoms with Gasteiger partial charge in [-0.25, -0.2) is 0 Å². The molecule has 1 aliphatic heterocycles. The largest absolute Gasteiger partial charge is 0.460 e. The number of benzene rings is 4. The van der Waals surface area contributed by atoms with Gasteiger partial charge in [-0.05, 0) is 59.7 Å². The van der Waals surface area contributed by atoms with Crippen molar-refractivity contribution in [2.24, 2.45) is 0 Å². The summed E-state index contributed by atoms with van der Waals surface area (Å²) < 4.78 is 12.5. The molecule has 1 aliphatic rings. The van der Waals surface area contributed by atoms with Crippen LogP contribution in [-0.4, -0.2) is 53.2 Å². The Balaban J connectivity index is 1.01. The summed E-state index contributed by atoms with van der Waals surface area (Å²) in [5, 5.41) is 15.3. The fraction of sp³-hybridized carbons (Fsp3) is 0.243. The summed E-state index contributed by atoms with van der Waals surface area (Å²) in [7, 11) is 0. The molecular formula is C37H37N3O4. The monoisotopic (exact) mass is 587 g/mol. The van der Waals surface area contributed by atoms with Gasteiger partial charge in [0.1, 0.15) is 11.9 Å². The van der Waals surface area contributed by atoms with Gasteiger partial charge >= 0.3 is 0 Å². The Morgan fingerprint density at radius 3 is 2.25 bits per heavy atom. The third kappa shape index (κ3) is 7.32. The van der Waals surface area contributed by atoms with Crippen molar-refractivity contribution in [1.29, 1.82) is 0 Å². The Bertz CT molecular complexity index is 1600. The van der Waals surface area contributed by atoms with Gasteiger partial charge in [-0.3, -0.25) is 9.78 Å². The summed E-state index contributed by atoms with van der Waals surface area (Å²) >= 11 is 0. The zero-order valence-electron chi connectivity index (χ0n) is 24.6. The van der Waals surface area contributed by atoms with E-state index >= 15 is 0 Å². The van der Waals surface area contributed by atoms with Crippen LogP contribution in [0.1, 0.15) is 52.3 Å². The Labute approximate surface area is 258 Å². The Morgan fingerprint density at radius 2 is 1.57 bits per heavy atom. The van der Waals surface area contributed by atoms with E-state index in [9.17, 15) is 9.90 Å². The smallest absolute Gasteiger partial charge is 0.251 e. The highest BCUT2D eigenvalue weighted by atomic mass is 16.6. The van der Waals surface area contributed by atoms with Crippen molar-refractivity contribution < 1.29 is 19.4 Å². The summed E-state index contributed by atoms with van der Waals surface area (Å²) in [6, 6.07) is 35.5. The van der Waals surface area contributed by atoms with E-state index in [2.05, 4.69) is 63.7 Å². The fourth-order valence-corrected chi connectivity index (χ4v) is 5.69. The topological polar surface area (TPSA) is 83.9 Å². The molecule has 7 nitrogen and oxygen atoms in total. The molecule has 0 spiro atoms. The number of piperidine rings is 1. The molecule has 6 rings (SSSR count). The van der Waals surface area contributed by atoms with Gasteiger partial charge in [-0.1, -0.05) is 78.9 Å². The van der Waals surface area contributed by atoms with E-state index in [0.717, 1.165) is 43.2 Å². The Morgan fingerprint density at radius 1 is 0.864 bits per heavy atom. The van der Waals surface area contributed by atoms with E-state index in [1.807, 2.05) is 42.5 Å². The predicted molar refractivity (Wildman–Crippen MR) is 171 cm³/mol. The van der Waals surface area contributed by atoms with Gasteiger partial charge in [-0.2, -0.15) is 0 Å². The van der Waals surface area contributed by atoms with Crippen molar-refractivity contribution in [3.63, 3.8) is 0 Å². The van der Waals surface area contributed by atoms with Gasteiger partial charge in [0.05, 0.1) is 6.10 Å². The van der Waals surface area contributed by atoms with Crippen molar-refractivity contribution in [3.8, 4) is 5.75 Å². The van der Waals surface area contributed by atoms with Crippen LogP contribution >= 0.6 is 0 Å². The first-order valence-electron chi connectivity index (χ1n) is 15.2. The summed E-state index contributed by atoms with van der Waals surface area (Å²) in [5.41, 5.74) is 3.44. The number of ether oxygens (including phenoxy) is 2. The molecule has 2 heterocycles. The van der Waals surface area contributed by atoms with Gasteiger partial charge in [0.2, 0.25) is 6.29 Å². The molecule has 1 amide bonds. The molecule has 0 saturated carbocycles. The lowest BCUT2D eigenvalue weighted by Gasteiger charge is -2.34. The summed E-state index contributed by atoms with van der Waals surface area (Å²) in [5.74, 6) is 0.363. The standard InChI is InChI=1S/C37H37N3O4/c41-36(30-17-16-27-13-7-15-34(33(27)25-30)44-37(42)31-14-8-20-38-26-31)39-21-24-40-22-18-32(19-23-40)43-35(28-9-3-1-4-10-28)29-11-5-2-6-12-29/h1-17,20,25-26,32,35,37,42H,18-19,21-24H2,(H,39,41). The van der Waals surface area contributed by atoms with Crippen LogP contribution < -0.4 is 10.1 Å². The number of aliphatic hydroxyl groups is 1. The third-order valence-electron chi connectivity index (χ3n) is 8.09. The van der Waals surface area contributed by atoms with E-state index in [1.54, 1.807) is 30.6 Å².